The van der Waals surface area contributed by atoms with E-state index in [9.17, 15) is 13.2 Å². The third kappa shape index (κ3) is 10.2. The molecule has 0 unspecified atom stereocenters. The number of piperidine rings is 3. The topological polar surface area (TPSA) is 178 Å². The summed E-state index contributed by atoms with van der Waals surface area (Å²) in [5.41, 5.74) is 4.55. The Kier molecular flexibility index (Phi) is 14.2. The van der Waals surface area contributed by atoms with Crippen LogP contribution in [0.3, 0.4) is 0 Å². The van der Waals surface area contributed by atoms with Gasteiger partial charge in [0.2, 0.25) is 5.91 Å². The van der Waals surface area contributed by atoms with Gasteiger partial charge in [-0.15, -0.1) is 12.4 Å². The van der Waals surface area contributed by atoms with Gasteiger partial charge in [-0.25, -0.2) is 32.3 Å². The van der Waals surface area contributed by atoms with Crippen LogP contribution in [0.2, 0.25) is 0 Å². The van der Waals surface area contributed by atoms with Crippen molar-refractivity contribution in [3.05, 3.63) is 96.8 Å². The summed E-state index contributed by atoms with van der Waals surface area (Å²) in [6.07, 6.45) is 14.4. The van der Waals surface area contributed by atoms with E-state index in [1.807, 2.05) is 30.2 Å². The van der Waals surface area contributed by atoms with E-state index in [0.29, 0.717) is 29.9 Å². The zero-order chi connectivity index (χ0) is 40.6. The van der Waals surface area contributed by atoms with E-state index in [1.165, 1.54) is 35.1 Å². The van der Waals surface area contributed by atoms with E-state index in [4.69, 9.17) is 0 Å². The third-order valence-corrected chi connectivity index (χ3v) is 13.1. The van der Waals surface area contributed by atoms with E-state index < -0.39 is 10.0 Å². The molecule has 2 atom stereocenters. The van der Waals surface area contributed by atoms with E-state index >= 15 is 0 Å². The van der Waals surface area contributed by atoms with Gasteiger partial charge in [-0.1, -0.05) is 42.3 Å². The van der Waals surface area contributed by atoms with Crippen LogP contribution in [0.25, 0.3) is 22.1 Å². The number of aromatic amines is 1. The average molecular weight is 856 g/mol. The van der Waals surface area contributed by atoms with Crippen molar-refractivity contribution in [3.63, 3.8) is 0 Å². The van der Waals surface area contributed by atoms with Gasteiger partial charge in [0.15, 0.2) is 5.65 Å². The second-order valence-electron chi connectivity index (χ2n) is 15.7. The molecule has 0 spiro atoms. The molecule has 318 valence electrons. The smallest absolute Gasteiger partial charge is 0.269 e. The molecular formula is C43H55ClN12O3S. The van der Waals surface area contributed by atoms with Crippen molar-refractivity contribution in [1.82, 2.24) is 44.0 Å². The van der Waals surface area contributed by atoms with Gasteiger partial charge < -0.3 is 31.2 Å². The molecule has 1 amide bonds. The molecule has 15 nitrogen and oxygen atoms in total. The summed E-state index contributed by atoms with van der Waals surface area (Å²) in [7, 11) is -3.70. The maximum absolute atomic E-state index is 13.0. The number of halogens is 1. The molecule has 0 aliphatic carbocycles. The molecule has 3 saturated heterocycles. The van der Waals surface area contributed by atoms with Crippen LogP contribution >= 0.6 is 12.4 Å². The van der Waals surface area contributed by atoms with Gasteiger partial charge >= 0.3 is 0 Å². The molecule has 0 radical (unpaired) electrons. The van der Waals surface area contributed by atoms with Gasteiger partial charge in [0.1, 0.15) is 29.9 Å². The van der Waals surface area contributed by atoms with E-state index in [2.05, 4.69) is 69.3 Å². The number of rotatable bonds is 11. The normalized spacial score (nSPS) is 18.6. The number of hydrogen-bond acceptors (Lipinski definition) is 12. The van der Waals surface area contributed by atoms with Crippen molar-refractivity contribution in [1.29, 1.82) is 0 Å². The average Bonchev–Trinajstić information content (AvgIpc) is 3.94. The lowest BCUT2D eigenvalue weighted by Crippen LogP contribution is -2.47. The molecule has 0 saturated carbocycles. The number of anilines is 3. The van der Waals surface area contributed by atoms with E-state index in [1.54, 1.807) is 42.9 Å². The number of aryl methyl sites for hydroxylation is 1. The number of fused-ring (bicyclic) bond motifs is 2. The minimum absolute atomic E-state index is 0. The van der Waals surface area contributed by atoms with Crippen molar-refractivity contribution >= 4 is 67.7 Å². The fraction of sp³-hybridized carbons (Fsp3) is 0.419. The van der Waals surface area contributed by atoms with Crippen LogP contribution in [-0.2, 0) is 21.4 Å². The molecule has 3 fully saturated rings. The number of amides is 1. The summed E-state index contributed by atoms with van der Waals surface area (Å²) in [5.74, 6) is 1.63. The van der Waals surface area contributed by atoms with Gasteiger partial charge in [0, 0.05) is 56.3 Å². The molecular weight excluding hydrogens is 800 g/mol. The SMILES string of the molecule is Cc1ccc(S(=O)(=O)n2ccc3c(N[C@@H]4CCCNC4)ncnc32)cc1.Cl.O=C(CNc1ccccc1CN1CCCCC1)N1CCC[C@@H](Nc2ncnc3[nH]ccc23)C1. The molecule has 4 aromatic heterocycles. The van der Waals surface area contributed by atoms with Gasteiger partial charge in [0.05, 0.1) is 22.2 Å². The minimum atomic E-state index is -3.70. The second-order valence-corrected chi connectivity index (χ2v) is 17.5. The predicted molar refractivity (Wildman–Crippen MR) is 239 cm³/mol. The number of nitrogens with zero attached hydrogens (tertiary/aromatic N) is 7. The van der Waals surface area contributed by atoms with Crippen molar-refractivity contribution < 1.29 is 13.2 Å². The molecule has 6 aromatic rings. The molecule has 17 heteroatoms. The number of likely N-dealkylation sites (tertiary alicyclic amines) is 2. The van der Waals surface area contributed by atoms with Gasteiger partial charge in [-0.05, 0) is 101 Å². The first-order valence-electron chi connectivity index (χ1n) is 20.8. The van der Waals surface area contributed by atoms with Crippen molar-refractivity contribution in [2.75, 3.05) is 61.8 Å². The highest BCUT2D eigenvalue weighted by atomic mass is 35.5. The summed E-state index contributed by atoms with van der Waals surface area (Å²) in [6.45, 7) is 8.90. The Morgan fingerprint density at radius 3 is 2.37 bits per heavy atom. The standard InChI is InChI=1S/C25H33N7O.C18H21N5O2S.ClH/c33-23(15-27-22-9-3-2-7-19(22)16-31-12-4-1-5-13-31)32-14-6-8-20(17-32)30-25-21-10-11-26-24(21)28-18-29-25;1-13-4-6-15(7-5-13)26(24,25)23-10-8-16-17(20-12-21-18(16)23)22-14-3-2-9-19-11-14;/h2-3,7,9-11,18,20,27H,1,4-6,8,12-17H2,(H2,26,28,29,30);4-8,10,12,14,19H,2-3,9,11H2,1H3,(H,20,21,22);1H/t20-;14-;/m11./s1. The van der Waals surface area contributed by atoms with Crippen LogP contribution in [0, 0.1) is 6.92 Å². The molecule has 9 rings (SSSR count). The molecule has 7 heterocycles. The summed E-state index contributed by atoms with van der Waals surface area (Å²) < 4.78 is 27.2. The number of H-pyrrole nitrogens is 1. The Hall–Kier alpha value is -5.29. The Morgan fingerprint density at radius 2 is 1.57 bits per heavy atom. The number of para-hydroxylation sites is 1. The number of nitrogens with one attached hydrogen (secondary N) is 5. The minimum Gasteiger partial charge on any atom is -0.376 e. The summed E-state index contributed by atoms with van der Waals surface area (Å²) in [5, 5.41) is 15.4. The fourth-order valence-corrected chi connectivity index (χ4v) is 9.50. The Labute approximate surface area is 357 Å². The first-order valence-corrected chi connectivity index (χ1v) is 22.2. The highest BCUT2D eigenvalue weighted by Gasteiger charge is 2.25. The van der Waals surface area contributed by atoms with E-state index in [0.717, 1.165) is 93.1 Å². The van der Waals surface area contributed by atoms with Gasteiger partial charge in [0.25, 0.3) is 10.0 Å². The number of benzene rings is 2. The molecule has 2 aromatic carbocycles. The first-order chi connectivity index (χ1) is 28.8. The largest absolute Gasteiger partial charge is 0.376 e. The lowest BCUT2D eigenvalue weighted by molar-refractivity contribution is -0.130. The zero-order valence-corrected chi connectivity index (χ0v) is 35.6. The highest BCUT2D eigenvalue weighted by Crippen LogP contribution is 2.27. The van der Waals surface area contributed by atoms with Crippen LogP contribution in [-0.4, -0.2) is 111 Å². The number of hydrogen-bond donors (Lipinski definition) is 5. The van der Waals surface area contributed by atoms with Crippen LogP contribution in [0.1, 0.15) is 56.1 Å². The third-order valence-electron chi connectivity index (χ3n) is 11.4. The van der Waals surface area contributed by atoms with E-state index in [-0.39, 0.29) is 35.3 Å². The van der Waals surface area contributed by atoms with Crippen molar-refractivity contribution in [3.8, 4) is 0 Å². The maximum atomic E-state index is 13.0. The lowest BCUT2D eigenvalue weighted by atomic mass is 10.1. The summed E-state index contributed by atoms with van der Waals surface area (Å²) in [4.78, 5) is 38.1. The Balaban J connectivity index is 0.000000183. The number of carbonyl (C=O) groups excluding carboxylic acids is 1. The molecule has 5 N–H and O–H groups in total. The van der Waals surface area contributed by atoms with Crippen LogP contribution in [0.15, 0.2) is 90.6 Å². The Morgan fingerprint density at radius 1 is 0.817 bits per heavy atom. The lowest BCUT2D eigenvalue weighted by Gasteiger charge is -2.33. The molecule has 3 aliphatic rings. The predicted octanol–water partition coefficient (Wildman–Crippen LogP) is 6.02. The summed E-state index contributed by atoms with van der Waals surface area (Å²) in [6, 6.07) is 19.4. The molecule has 0 bridgehead atoms. The second kappa shape index (κ2) is 19.8. The van der Waals surface area contributed by atoms with Crippen LogP contribution < -0.4 is 21.3 Å². The van der Waals surface area contributed by atoms with Crippen LogP contribution in [0.5, 0.6) is 0 Å². The first kappa shape index (κ1) is 42.8. The zero-order valence-electron chi connectivity index (χ0n) is 34.0. The molecule has 3 aliphatic heterocycles. The molecule has 60 heavy (non-hydrogen) atoms. The number of aromatic nitrogens is 6. The van der Waals surface area contributed by atoms with Crippen molar-refractivity contribution in [2.45, 2.75) is 75.4 Å². The fourth-order valence-electron chi connectivity index (χ4n) is 8.20. The quantitative estimate of drug-likeness (QED) is 0.103. The van der Waals surface area contributed by atoms with Crippen molar-refractivity contribution in [2.24, 2.45) is 0 Å². The number of carbonyl (C=O) groups is 1. The van der Waals surface area contributed by atoms with Gasteiger partial charge in [-0.3, -0.25) is 9.69 Å². The maximum Gasteiger partial charge on any atom is 0.269 e. The summed E-state index contributed by atoms with van der Waals surface area (Å²) >= 11 is 0. The monoisotopic (exact) mass is 854 g/mol. The highest BCUT2D eigenvalue weighted by molar-refractivity contribution is 7.90. The Bertz CT molecular complexity index is 2450. The van der Waals surface area contributed by atoms with Crippen LogP contribution in [0.4, 0.5) is 17.3 Å². The van der Waals surface area contributed by atoms with Gasteiger partial charge in [-0.2, -0.15) is 0 Å².